The molecule has 0 aliphatic carbocycles. The fourth-order valence-electron chi connectivity index (χ4n) is 2.96. The van der Waals surface area contributed by atoms with E-state index in [2.05, 4.69) is 42.9 Å². The lowest BCUT2D eigenvalue weighted by Gasteiger charge is -2.06. The number of nitrogens with zero attached hydrogens (tertiary/aromatic N) is 1. The molecule has 17 heavy (non-hydrogen) atoms. The Bertz CT molecular complexity index is 593. The Morgan fingerprint density at radius 3 is 2.59 bits per heavy atom. The van der Waals surface area contributed by atoms with Gasteiger partial charge in [-0.05, 0) is 42.7 Å². The van der Waals surface area contributed by atoms with E-state index in [1.165, 1.54) is 33.3 Å². The molecule has 0 fully saturated rings. The number of aromatic nitrogens is 1. The van der Waals surface area contributed by atoms with Gasteiger partial charge in [-0.3, -0.25) is 0 Å². The van der Waals surface area contributed by atoms with Crippen molar-refractivity contribution in [2.45, 2.75) is 33.0 Å². The molecule has 0 spiro atoms. The van der Waals surface area contributed by atoms with E-state index in [-0.39, 0.29) is 6.04 Å². The van der Waals surface area contributed by atoms with Crippen LogP contribution in [0.15, 0.2) is 12.1 Å². The van der Waals surface area contributed by atoms with Crippen molar-refractivity contribution in [2.24, 2.45) is 12.8 Å². The fourth-order valence-corrected chi connectivity index (χ4v) is 2.96. The number of aryl methyl sites for hydroxylation is 1. The Balaban J connectivity index is 2.38. The summed E-state index contributed by atoms with van der Waals surface area (Å²) in [5.41, 5.74) is 12.8. The van der Waals surface area contributed by atoms with Gasteiger partial charge in [-0.15, -0.1) is 0 Å². The Labute approximate surface area is 102 Å². The highest BCUT2D eigenvalue weighted by Gasteiger charge is 2.18. The van der Waals surface area contributed by atoms with E-state index in [0.717, 1.165) is 13.1 Å². The van der Waals surface area contributed by atoms with Gasteiger partial charge in [-0.25, -0.2) is 0 Å². The zero-order valence-electron chi connectivity index (χ0n) is 10.7. The van der Waals surface area contributed by atoms with Crippen LogP contribution < -0.4 is 11.1 Å². The van der Waals surface area contributed by atoms with Crippen LogP contribution in [0.5, 0.6) is 0 Å². The largest absolute Gasteiger partial charge is 0.348 e. The molecule has 1 aromatic carbocycles. The lowest BCUT2D eigenvalue weighted by atomic mass is 10.0. The Morgan fingerprint density at radius 2 is 1.94 bits per heavy atom. The third-order valence-corrected chi connectivity index (χ3v) is 3.95. The Kier molecular flexibility index (Phi) is 2.28. The van der Waals surface area contributed by atoms with Gasteiger partial charge >= 0.3 is 0 Å². The molecule has 1 aliphatic rings. The smallest absolute Gasteiger partial charge is 0.0486 e. The first-order chi connectivity index (χ1) is 8.09. The highest BCUT2D eigenvalue weighted by Crippen LogP contribution is 2.32. The van der Waals surface area contributed by atoms with Gasteiger partial charge < -0.3 is 15.6 Å². The second-order valence-corrected chi connectivity index (χ2v) is 5.09. The predicted octanol–water partition coefficient (Wildman–Crippen LogP) is 2.11. The van der Waals surface area contributed by atoms with E-state index in [9.17, 15) is 0 Å². The van der Waals surface area contributed by atoms with Crippen LogP contribution in [0.25, 0.3) is 10.9 Å². The third-order valence-electron chi connectivity index (χ3n) is 3.95. The van der Waals surface area contributed by atoms with Crippen LogP contribution in [0.2, 0.25) is 0 Å². The van der Waals surface area contributed by atoms with Crippen molar-refractivity contribution in [3.63, 3.8) is 0 Å². The van der Waals surface area contributed by atoms with Crippen LogP contribution in [-0.2, 0) is 20.1 Å². The van der Waals surface area contributed by atoms with Gasteiger partial charge in [0.25, 0.3) is 0 Å². The minimum absolute atomic E-state index is 0.0890. The molecule has 0 saturated carbocycles. The molecule has 0 saturated heterocycles. The zero-order valence-corrected chi connectivity index (χ0v) is 10.7. The Morgan fingerprint density at radius 1 is 1.29 bits per heavy atom. The molecule has 1 atom stereocenters. The normalized spacial score (nSPS) is 16.5. The SMILES string of the molecule is Cc1c(C(C)N)c2cc3c(cc2n1C)CNC3. The third kappa shape index (κ3) is 1.43. The molecule has 3 rings (SSSR count). The molecule has 2 heterocycles. The summed E-state index contributed by atoms with van der Waals surface area (Å²) in [6, 6.07) is 4.71. The first-order valence-corrected chi connectivity index (χ1v) is 6.16. The van der Waals surface area contributed by atoms with E-state index < -0.39 is 0 Å². The highest BCUT2D eigenvalue weighted by atomic mass is 15.0. The molecule has 1 unspecified atom stereocenters. The van der Waals surface area contributed by atoms with E-state index in [4.69, 9.17) is 5.73 Å². The van der Waals surface area contributed by atoms with E-state index in [0.29, 0.717) is 0 Å². The molecule has 1 aliphatic heterocycles. The molecule has 2 aromatic rings. The maximum atomic E-state index is 6.11. The maximum Gasteiger partial charge on any atom is 0.0486 e. The van der Waals surface area contributed by atoms with Gasteiger partial charge in [0, 0.05) is 42.8 Å². The average molecular weight is 229 g/mol. The van der Waals surface area contributed by atoms with Crippen LogP contribution in [0.1, 0.15) is 35.3 Å². The molecule has 0 bridgehead atoms. The molecular weight excluding hydrogens is 210 g/mol. The molecule has 3 heteroatoms. The molecule has 90 valence electrons. The molecule has 3 N–H and O–H groups in total. The van der Waals surface area contributed by atoms with Crippen molar-refractivity contribution >= 4 is 10.9 Å². The van der Waals surface area contributed by atoms with Crippen LogP contribution in [0, 0.1) is 6.92 Å². The number of rotatable bonds is 1. The van der Waals surface area contributed by atoms with Crippen LogP contribution in [0.3, 0.4) is 0 Å². The Hall–Kier alpha value is -1.32. The van der Waals surface area contributed by atoms with Gasteiger partial charge in [-0.2, -0.15) is 0 Å². The summed E-state index contributed by atoms with van der Waals surface area (Å²) >= 11 is 0. The molecule has 0 radical (unpaired) electrons. The quantitative estimate of drug-likeness (QED) is 0.786. The highest BCUT2D eigenvalue weighted by molar-refractivity contribution is 5.87. The molecule has 1 aromatic heterocycles. The second kappa shape index (κ2) is 3.59. The number of hydrogen-bond donors (Lipinski definition) is 2. The zero-order chi connectivity index (χ0) is 12.2. The monoisotopic (exact) mass is 229 g/mol. The number of fused-ring (bicyclic) bond motifs is 2. The lowest BCUT2D eigenvalue weighted by Crippen LogP contribution is -2.06. The second-order valence-electron chi connectivity index (χ2n) is 5.09. The van der Waals surface area contributed by atoms with Gasteiger partial charge in [0.05, 0.1) is 0 Å². The number of hydrogen-bond acceptors (Lipinski definition) is 2. The standard InChI is InChI=1S/C14H19N3/c1-8(15)14-9(2)17(3)13-5-11-7-16-6-10(11)4-12(13)14/h4-5,8,16H,6-7,15H2,1-3H3. The van der Waals surface area contributed by atoms with Crippen LogP contribution >= 0.6 is 0 Å². The lowest BCUT2D eigenvalue weighted by molar-refractivity contribution is 0.764. The summed E-state index contributed by atoms with van der Waals surface area (Å²) < 4.78 is 2.26. The average Bonchev–Trinajstić information content (AvgIpc) is 2.81. The summed E-state index contributed by atoms with van der Waals surface area (Å²) in [6.45, 7) is 6.19. The van der Waals surface area contributed by atoms with Crippen molar-refractivity contribution in [1.29, 1.82) is 0 Å². The fraction of sp³-hybridized carbons (Fsp3) is 0.429. The first kappa shape index (κ1) is 10.8. The molecule has 0 amide bonds. The summed E-state index contributed by atoms with van der Waals surface area (Å²) in [6.07, 6.45) is 0. The van der Waals surface area contributed by atoms with E-state index >= 15 is 0 Å². The van der Waals surface area contributed by atoms with Gasteiger partial charge in [0.15, 0.2) is 0 Å². The van der Waals surface area contributed by atoms with E-state index in [1.807, 2.05) is 0 Å². The van der Waals surface area contributed by atoms with Gasteiger partial charge in [0.2, 0.25) is 0 Å². The van der Waals surface area contributed by atoms with Gasteiger partial charge in [-0.1, -0.05) is 0 Å². The molecular formula is C14H19N3. The number of nitrogens with one attached hydrogen (secondary N) is 1. The van der Waals surface area contributed by atoms with Crippen LogP contribution in [0.4, 0.5) is 0 Å². The minimum atomic E-state index is 0.0890. The van der Waals surface area contributed by atoms with Crippen molar-refractivity contribution in [3.8, 4) is 0 Å². The summed E-state index contributed by atoms with van der Waals surface area (Å²) in [5, 5.41) is 4.72. The number of nitrogens with two attached hydrogens (primary N) is 1. The van der Waals surface area contributed by atoms with Gasteiger partial charge in [0.1, 0.15) is 0 Å². The predicted molar refractivity (Wildman–Crippen MR) is 70.8 cm³/mol. The topological polar surface area (TPSA) is 43.0 Å². The molecule has 3 nitrogen and oxygen atoms in total. The minimum Gasteiger partial charge on any atom is -0.348 e. The van der Waals surface area contributed by atoms with Crippen molar-refractivity contribution in [1.82, 2.24) is 9.88 Å². The van der Waals surface area contributed by atoms with Crippen molar-refractivity contribution in [3.05, 3.63) is 34.5 Å². The van der Waals surface area contributed by atoms with Crippen molar-refractivity contribution in [2.75, 3.05) is 0 Å². The van der Waals surface area contributed by atoms with Crippen molar-refractivity contribution < 1.29 is 0 Å². The van der Waals surface area contributed by atoms with E-state index in [1.54, 1.807) is 0 Å². The van der Waals surface area contributed by atoms with Crippen LogP contribution in [-0.4, -0.2) is 4.57 Å². The maximum absolute atomic E-state index is 6.11. The first-order valence-electron chi connectivity index (χ1n) is 6.16. The summed E-state index contributed by atoms with van der Waals surface area (Å²) in [7, 11) is 2.12. The number of benzene rings is 1. The summed E-state index contributed by atoms with van der Waals surface area (Å²) in [4.78, 5) is 0. The summed E-state index contributed by atoms with van der Waals surface area (Å²) in [5.74, 6) is 0.